The SMILES string of the molecule is Cc1ccc(NC(=O)c2cccc(C(=O)N3CCCC3)c2)c(C)c1. The van der Waals surface area contributed by atoms with Crippen LogP contribution in [0.5, 0.6) is 0 Å². The zero-order chi connectivity index (χ0) is 17.1. The fourth-order valence-electron chi connectivity index (χ4n) is 3.04. The van der Waals surface area contributed by atoms with Gasteiger partial charge in [0.05, 0.1) is 0 Å². The Hall–Kier alpha value is -2.62. The van der Waals surface area contributed by atoms with Crippen molar-refractivity contribution in [1.82, 2.24) is 4.90 Å². The molecule has 0 saturated carbocycles. The Kier molecular flexibility index (Phi) is 4.65. The number of rotatable bonds is 3. The Labute approximate surface area is 142 Å². The number of anilines is 1. The zero-order valence-electron chi connectivity index (χ0n) is 14.1. The van der Waals surface area contributed by atoms with Gasteiger partial charge in [-0.2, -0.15) is 0 Å². The van der Waals surface area contributed by atoms with E-state index < -0.39 is 0 Å². The van der Waals surface area contributed by atoms with Gasteiger partial charge in [-0.15, -0.1) is 0 Å². The number of carbonyl (C=O) groups is 2. The minimum atomic E-state index is -0.196. The number of amides is 2. The standard InChI is InChI=1S/C20H22N2O2/c1-14-8-9-18(15(2)12-14)21-19(23)16-6-5-7-17(13-16)20(24)22-10-3-4-11-22/h5-9,12-13H,3-4,10-11H2,1-2H3,(H,21,23). The van der Waals surface area contributed by atoms with Crippen LogP contribution in [0.4, 0.5) is 5.69 Å². The molecule has 1 N–H and O–H groups in total. The molecule has 4 heteroatoms. The lowest BCUT2D eigenvalue weighted by Crippen LogP contribution is -2.27. The Morgan fingerprint density at radius 3 is 2.38 bits per heavy atom. The molecule has 124 valence electrons. The molecule has 0 spiro atoms. The normalized spacial score (nSPS) is 13.8. The fourth-order valence-corrected chi connectivity index (χ4v) is 3.04. The second-order valence-electron chi connectivity index (χ2n) is 6.35. The van der Waals surface area contributed by atoms with E-state index in [9.17, 15) is 9.59 Å². The van der Waals surface area contributed by atoms with Crippen LogP contribution in [-0.2, 0) is 0 Å². The maximum atomic E-state index is 12.5. The van der Waals surface area contributed by atoms with Gasteiger partial charge in [0.2, 0.25) is 0 Å². The van der Waals surface area contributed by atoms with Gasteiger partial charge in [0, 0.05) is 29.9 Å². The van der Waals surface area contributed by atoms with Crippen molar-refractivity contribution in [2.24, 2.45) is 0 Å². The quantitative estimate of drug-likeness (QED) is 0.934. The number of carbonyl (C=O) groups excluding carboxylic acids is 2. The van der Waals surface area contributed by atoms with Gasteiger partial charge < -0.3 is 10.2 Å². The Morgan fingerprint density at radius 2 is 1.67 bits per heavy atom. The summed E-state index contributed by atoms with van der Waals surface area (Å²) in [6, 6.07) is 12.9. The summed E-state index contributed by atoms with van der Waals surface area (Å²) in [7, 11) is 0. The highest BCUT2D eigenvalue weighted by Gasteiger charge is 2.20. The first-order chi connectivity index (χ1) is 11.5. The van der Waals surface area contributed by atoms with E-state index in [1.54, 1.807) is 24.3 Å². The molecule has 1 fully saturated rings. The maximum absolute atomic E-state index is 12.5. The van der Waals surface area contributed by atoms with Crippen LogP contribution in [0.15, 0.2) is 42.5 Å². The highest BCUT2D eigenvalue weighted by Crippen LogP contribution is 2.18. The molecule has 1 aliphatic heterocycles. The number of likely N-dealkylation sites (tertiary alicyclic amines) is 1. The summed E-state index contributed by atoms with van der Waals surface area (Å²) in [5.74, 6) is -0.188. The Bertz CT molecular complexity index is 777. The fraction of sp³-hybridized carbons (Fsp3) is 0.300. The predicted octanol–water partition coefficient (Wildman–Crippen LogP) is 3.79. The Morgan fingerprint density at radius 1 is 0.958 bits per heavy atom. The molecular weight excluding hydrogens is 300 g/mol. The molecular formula is C20H22N2O2. The second-order valence-corrected chi connectivity index (χ2v) is 6.35. The minimum Gasteiger partial charge on any atom is -0.339 e. The molecule has 1 saturated heterocycles. The predicted molar refractivity (Wildman–Crippen MR) is 95.4 cm³/mol. The van der Waals surface area contributed by atoms with Crippen LogP contribution in [0, 0.1) is 13.8 Å². The summed E-state index contributed by atoms with van der Waals surface area (Å²) in [5.41, 5.74) is 4.04. The molecule has 3 rings (SSSR count). The van der Waals surface area contributed by atoms with Crippen molar-refractivity contribution >= 4 is 17.5 Å². The topological polar surface area (TPSA) is 49.4 Å². The summed E-state index contributed by atoms with van der Waals surface area (Å²) >= 11 is 0. The third-order valence-electron chi connectivity index (χ3n) is 4.40. The molecule has 0 aliphatic carbocycles. The average molecular weight is 322 g/mol. The van der Waals surface area contributed by atoms with Crippen LogP contribution in [0.2, 0.25) is 0 Å². The van der Waals surface area contributed by atoms with E-state index in [1.807, 2.05) is 36.9 Å². The number of aryl methyl sites for hydroxylation is 2. The van der Waals surface area contributed by atoms with Crippen molar-refractivity contribution in [3.63, 3.8) is 0 Å². The van der Waals surface area contributed by atoms with E-state index in [4.69, 9.17) is 0 Å². The van der Waals surface area contributed by atoms with Crippen LogP contribution in [0.1, 0.15) is 44.7 Å². The van der Waals surface area contributed by atoms with Gasteiger partial charge in [0.25, 0.3) is 11.8 Å². The number of hydrogen-bond donors (Lipinski definition) is 1. The smallest absolute Gasteiger partial charge is 0.255 e. The highest BCUT2D eigenvalue weighted by atomic mass is 16.2. The van der Waals surface area contributed by atoms with Crippen LogP contribution < -0.4 is 5.32 Å². The molecule has 0 unspecified atom stereocenters. The van der Waals surface area contributed by atoms with Gasteiger partial charge in [-0.05, 0) is 56.5 Å². The van der Waals surface area contributed by atoms with Gasteiger partial charge in [-0.1, -0.05) is 23.8 Å². The molecule has 0 bridgehead atoms. The summed E-state index contributed by atoms with van der Waals surface area (Å²) in [6.45, 7) is 5.59. The largest absolute Gasteiger partial charge is 0.339 e. The van der Waals surface area contributed by atoms with Crippen LogP contribution in [-0.4, -0.2) is 29.8 Å². The Balaban J connectivity index is 1.77. The van der Waals surface area contributed by atoms with E-state index in [0.717, 1.165) is 42.7 Å². The molecule has 0 aromatic heterocycles. The van der Waals surface area contributed by atoms with Gasteiger partial charge in [-0.25, -0.2) is 0 Å². The van der Waals surface area contributed by atoms with Crippen molar-refractivity contribution < 1.29 is 9.59 Å². The molecule has 24 heavy (non-hydrogen) atoms. The summed E-state index contributed by atoms with van der Waals surface area (Å²) < 4.78 is 0. The van der Waals surface area contributed by atoms with Crippen molar-refractivity contribution in [2.45, 2.75) is 26.7 Å². The van der Waals surface area contributed by atoms with Gasteiger partial charge in [0.15, 0.2) is 0 Å². The minimum absolute atomic E-state index is 0.00802. The summed E-state index contributed by atoms with van der Waals surface area (Å²) in [5, 5.41) is 2.93. The van der Waals surface area contributed by atoms with E-state index >= 15 is 0 Å². The van der Waals surface area contributed by atoms with E-state index in [-0.39, 0.29) is 11.8 Å². The number of nitrogens with zero attached hydrogens (tertiary/aromatic N) is 1. The zero-order valence-corrected chi connectivity index (χ0v) is 14.1. The first-order valence-electron chi connectivity index (χ1n) is 8.32. The third kappa shape index (κ3) is 3.48. The molecule has 2 aromatic carbocycles. The van der Waals surface area contributed by atoms with Crippen LogP contribution >= 0.6 is 0 Å². The van der Waals surface area contributed by atoms with Crippen molar-refractivity contribution in [3.8, 4) is 0 Å². The molecule has 1 aliphatic rings. The van der Waals surface area contributed by atoms with Gasteiger partial charge >= 0.3 is 0 Å². The average Bonchev–Trinajstić information content (AvgIpc) is 3.11. The molecule has 2 aromatic rings. The van der Waals surface area contributed by atoms with Crippen molar-refractivity contribution in [3.05, 3.63) is 64.7 Å². The highest BCUT2D eigenvalue weighted by molar-refractivity contribution is 6.06. The monoisotopic (exact) mass is 322 g/mol. The lowest BCUT2D eigenvalue weighted by Gasteiger charge is -2.15. The van der Waals surface area contributed by atoms with Gasteiger partial charge in [0.1, 0.15) is 0 Å². The van der Waals surface area contributed by atoms with E-state index in [1.165, 1.54) is 0 Å². The first kappa shape index (κ1) is 16.2. The second kappa shape index (κ2) is 6.87. The lowest BCUT2D eigenvalue weighted by atomic mass is 10.1. The van der Waals surface area contributed by atoms with E-state index in [0.29, 0.717) is 11.1 Å². The summed E-state index contributed by atoms with van der Waals surface area (Å²) in [4.78, 5) is 26.8. The lowest BCUT2D eigenvalue weighted by molar-refractivity contribution is 0.0793. The molecule has 0 atom stereocenters. The first-order valence-corrected chi connectivity index (χ1v) is 8.32. The molecule has 2 amide bonds. The number of nitrogens with one attached hydrogen (secondary N) is 1. The van der Waals surface area contributed by atoms with Crippen LogP contribution in [0.3, 0.4) is 0 Å². The maximum Gasteiger partial charge on any atom is 0.255 e. The molecule has 4 nitrogen and oxygen atoms in total. The van der Waals surface area contributed by atoms with Crippen LogP contribution in [0.25, 0.3) is 0 Å². The van der Waals surface area contributed by atoms with E-state index in [2.05, 4.69) is 5.32 Å². The third-order valence-corrected chi connectivity index (χ3v) is 4.40. The van der Waals surface area contributed by atoms with Gasteiger partial charge in [-0.3, -0.25) is 9.59 Å². The van der Waals surface area contributed by atoms with Crippen molar-refractivity contribution in [2.75, 3.05) is 18.4 Å². The molecule has 1 heterocycles. The number of hydrogen-bond acceptors (Lipinski definition) is 2. The molecule has 0 radical (unpaired) electrons. The van der Waals surface area contributed by atoms with Crippen molar-refractivity contribution in [1.29, 1.82) is 0 Å². The summed E-state index contributed by atoms with van der Waals surface area (Å²) in [6.07, 6.45) is 2.11. The number of benzene rings is 2.